The maximum atomic E-state index is 9.82. The molecule has 1 aromatic carbocycles. The van der Waals surface area contributed by atoms with Gasteiger partial charge in [-0.2, -0.15) is 0 Å². The first-order valence-corrected chi connectivity index (χ1v) is 6.30. The Labute approximate surface area is 112 Å². The second-order valence-corrected chi connectivity index (χ2v) is 3.90. The number of nitrogens with zero attached hydrogens (tertiary/aromatic N) is 1. The summed E-state index contributed by atoms with van der Waals surface area (Å²) in [6.45, 7) is 4.97. The van der Waals surface area contributed by atoms with Crippen molar-refractivity contribution < 1.29 is 14.6 Å². The summed E-state index contributed by atoms with van der Waals surface area (Å²) < 4.78 is 11.1. The van der Waals surface area contributed by atoms with Crippen molar-refractivity contribution >= 4 is 0 Å². The highest BCUT2D eigenvalue weighted by Crippen LogP contribution is 2.34. The summed E-state index contributed by atoms with van der Waals surface area (Å²) in [4.78, 5) is 4.18. The van der Waals surface area contributed by atoms with Crippen LogP contribution in [0, 0.1) is 0 Å². The highest BCUT2D eigenvalue weighted by Gasteiger charge is 2.10. The summed E-state index contributed by atoms with van der Waals surface area (Å²) in [7, 11) is 0. The molecular weight excluding hydrogens is 242 g/mol. The van der Waals surface area contributed by atoms with E-state index in [1.165, 1.54) is 0 Å². The van der Waals surface area contributed by atoms with E-state index in [4.69, 9.17) is 9.47 Å². The maximum absolute atomic E-state index is 9.82. The molecule has 100 valence electrons. The molecule has 0 aliphatic rings. The minimum Gasteiger partial charge on any atom is -0.506 e. The molecule has 0 saturated heterocycles. The molecule has 19 heavy (non-hydrogen) atoms. The average Bonchev–Trinajstić information content (AvgIpc) is 2.42. The summed E-state index contributed by atoms with van der Waals surface area (Å²) in [5.74, 6) is 1.50. The molecule has 0 bridgehead atoms. The molecule has 1 aromatic heterocycles. The first kappa shape index (κ1) is 13.2. The quantitative estimate of drug-likeness (QED) is 0.895. The zero-order valence-electron chi connectivity index (χ0n) is 11.1. The second-order valence-electron chi connectivity index (χ2n) is 3.90. The molecule has 0 amide bonds. The van der Waals surface area contributed by atoms with Crippen molar-refractivity contribution in [3.63, 3.8) is 0 Å². The minimum atomic E-state index is 0.147. The lowest BCUT2D eigenvalue weighted by molar-refractivity contribution is 0.288. The SMILES string of the molecule is CCOc1ccc(-c2ncccc2O)cc1OCC. The van der Waals surface area contributed by atoms with Crippen LogP contribution in [0.2, 0.25) is 0 Å². The Kier molecular flexibility index (Phi) is 4.23. The first-order valence-electron chi connectivity index (χ1n) is 6.30. The van der Waals surface area contributed by atoms with Gasteiger partial charge in [0.2, 0.25) is 0 Å². The van der Waals surface area contributed by atoms with Crippen LogP contribution in [0.25, 0.3) is 11.3 Å². The highest BCUT2D eigenvalue weighted by molar-refractivity contribution is 5.68. The number of benzene rings is 1. The molecule has 0 radical (unpaired) electrons. The number of pyridine rings is 1. The number of hydrogen-bond donors (Lipinski definition) is 1. The van der Waals surface area contributed by atoms with Crippen LogP contribution in [0.4, 0.5) is 0 Å². The molecule has 2 rings (SSSR count). The maximum Gasteiger partial charge on any atom is 0.161 e. The molecule has 0 spiro atoms. The summed E-state index contributed by atoms with van der Waals surface area (Å²) in [5.41, 5.74) is 1.33. The van der Waals surface area contributed by atoms with Gasteiger partial charge in [-0.05, 0) is 44.2 Å². The van der Waals surface area contributed by atoms with Gasteiger partial charge in [-0.3, -0.25) is 4.98 Å². The Bertz CT molecular complexity index is 555. The molecule has 0 atom stereocenters. The van der Waals surface area contributed by atoms with Gasteiger partial charge in [-0.1, -0.05) is 0 Å². The third-order valence-corrected chi connectivity index (χ3v) is 2.60. The molecule has 1 heterocycles. The predicted octanol–water partition coefficient (Wildman–Crippen LogP) is 3.25. The molecule has 0 aliphatic heterocycles. The molecule has 0 aliphatic carbocycles. The van der Waals surface area contributed by atoms with Crippen molar-refractivity contribution in [3.8, 4) is 28.5 Å². The number of hydrogen-bond acceptors (Lipinski definition) is 4. The van der Waals surface area contributed by atoms with E-state index in [0.717, 1.165) is 5.56 Å². The topological polar surface area (TPSA) is 51.6 Å². The minimum absolute atomic E-state index is 0.147. The number of ether oxygens (including phenoxy) is 2. The largest absolute Gasteiger partial charge is 0.506 e. The molecular formula is C15H17NO3. The van der Waals surface area contributed by atoms with Crippen LogP contribution in [0.3, 0.4) is 0 Å². The Balaban J connectivity index is 2.43. The molecule has 0 saturated carbocycles. The van der Waals surface area contributed by atoms with Crippen LogP contribution < -0.4 is 9.47 Å². The van der Waals surface area contributed by atoms with Crippen molar-refractivity contribution in [2.45, 2.75) is 13.8 Å². The van der Waals surface area contributed by atoms with Crippen LogP contribution in [0.5, 0.6) is 17.2 Å². The molecule has 1 N–H and O–H groups in total. The third kappa shape index (κ3) is 2.96. The van der Waals surface area contributed by atoms with Crippen molar-refractivity contribution in [3.05, 3.63) is 36.5 Å². The Morgan fingerprint density at radius 3 is 2.47 bits per heavy atom. The second kappa shape index (κ2) is 6.09. The van der Waals surface area contributed by atoms with E-state index < -0.39 is 0 Å². The summed E-state index contributed by atoms with van der Waals surface area (Å²) in [6, 6.07) is 8.82. The molecule has 0 unspecified atom stereocenters. The highest BCUT2D eigenvalue weighted by atomic mass is 16.5. The fourth-order valence-electron chi connectivity index (χ4n) is 1.82. The van der Waals surface area contributed by atoms with Crippen molar-refractivity contribution in [1.29, 1.82) is 0 Å². The van der Waals surface area contributed by atoms with E-state index in [9.17, 15) is 5.11 Å². The summed E-state index contributed by atoms with van der Waals surface area (Å²) >= 11 is 0. The number of rotatable bonds is 5. The smallest absolute Gasteiger partial charge is 0.161 e. The monoisotopic (exact) mass is 259 g/mol. The van der Waals surface area contributed by atoms with Gasteiger partial charge < -0.3 is 14.6 Å². The van der Waals surface area contributed by atoms with Crippen molar-refractivity contribution in [2.24, 2.45) is 0 Å². The average molecular weight is 259 g/mol. The standard InChI is InChI=1S/C15H17NO3/c1-3-18-13-8-7-11(10-14(13)19-4-2)15-12(17)6-5-9-16-15/h5-10,17H,3-4H2,1-2H3. The number of aromatic nitrogens is 1. The zero-order valence-corrected chi connectivity index (χ0v) is 11.1. The zero-order chi connectivity index (χ0) is 13.7. The lowest BCUT2D eigenvalue weighted by Gasteiger charge is -2.12. The summed E-state index contributed by atoms with van der Waals surface area (Å²) in [5, 5.41) is 9.82. The molecule has 2 aromatic rings. The van der Waals surface area contributed by atoms with Crippen molar-refractivity contribution in [2.75, 3.05) is 13.2 Å². The van der Waals surface area contributed by atoms with Crippen LogP contribution in [0.1, 0.15) is 13.8 Å². The van der Waals surface area contributed by atoms with Crippen molar-refractivity contribution in [1.82, 2.24) is 4.98 Å². The van der Waals surface area contributed by atoms with Crippen LogP contribution in [-0.2, 0) is 0 Å². The van der Waals surface area contributed by atoms with Gasteiger partial charge in [0, 0.05) is 11.8 Å². The van der Waals surface area contributed by atoms with E-state index in [-0.39, 0.29) is 5.75 Å². The van der Waals surface area contributed by atoms with Gasteiger partial charge in [0.05, 0.1) is 13.2 Å². The fraction of sp³-hybridized carbons (Fsp3) is 0.267. The van der Waals surface area contributed by atoms with Crippen LogP contribution in [0.15, 0.2) is 36.5 Å². The first-order chi connectivity index (χ1) is 9.26. The van der Waals surface area contributed by atoms with Gasteiger partial charge in [0.25, 0.3) is 0 Å². The van der Waals surface area contributed by atoms with Gasteiger partial charge in [0.1, 0.15) is 11.4 Å². The third-order valence-electron chi connectivity index (χ3n) is 2.60. The van der Waals surface area contributed by atoms with E-state index in [2.05, 4.69) is 4.98 Å². The fourth-order valence-corrected chi connectivity index (χ4v) is 1.82. The van der Waals surface area contributed by atoms with Crippen LogP contribution >= 0.6 is 0 Å². The molecule has 4 heteroatoms. The van der Waals surface area contributed by atoms with E-state index in [0.29, 0.717) is 30.4 Å². The molecule has 0 fully saturated rings. The number of aromatic hydroxyl groups is 1. The predicted molar refractivity (Wildman–Crippen MR) is 73.7 cm³/mol. The normalized spacial score (nSPS) is 10.2. The van der Waals surface area contributed by atoms with E-state index in [1.807, 2.05) is 32.0 Å². The Morgan fingerprint density at radius 2 is 1.79 bits per heavy atom. The molecule has 4 nitrogen and oxygen atoms in total. The lowest BCUT2D eigenvalue weighted by atomic mass is 10.1. The van der Waals surface area contributed by atoms with Gasteiger partial charge in [-0.25, -0.2) is 0 Å². The van der Waals surface area contributed by atoms with Gasteiger partial charge >= 0.3 is 0 Å². The Hall–Kier alpha value is -2.23. The van der Waals surface area contributed by atoms with Crippen LogP contribution in [-0.4, -0.2) is 23.3 Å². The van der Waals surface area contributed by atoms with E-state index in [1.54, 1.807) is 18.3 Å². The Morgan fingerprint density at radius 1 is 1.05 bits per heavy atom. The van der Waals surface area contributed by atoms with Gasteiger partial charge in [-0.15, -0.1) is 0 Å². The lowest BCUT2D eigenvalue weighted by Crippen LogP contribution is -1.98. The summed E-state index contributed by atoms with van der Waals surface area (Å²) in [6.07, 6.45) is 1.64. The van der Waals surface area contributed by atoms with Gasteiger partial charge in [0.15, 0.2) is 11.5 Å². The van der Waals surface area contributed by atoms with E-state index >= 15 is 0 Å².